The molecule has 0 aromatic carbocycles. The summed E-state index contributed by atoms with van der Waals surface area (Å²) in [6.07, 6.45) is 0. The molecule has 2 heterocycles. The molecule has 4 heteroatoms. The van der Waals surface area contributed by atoms with E-state index in [0.29, 0.717) is 12.6 Å². The first-order chi connectivity index (χ1) is 8.61. The average molecular weight is 264 g/mol. The zero-order valence-corrected chi connectivity index (χ0v) is 12.0. The van der Waals surface area contributed by atoms with E-state index in [1.807, 2.05) is 6.92 Å². The van der Waals surface area contributed by atoms with E-state index in [0.717, 1.165) is 23.6 Å². The van der Waals surface area contributed by atoms with Crippen LogP contribution in [0.3, 0.4) is 0 Å². The van der Waals surface area contributed by atoms with Gasteiger partial charge in [-0.15, -0.1) is 11.3 Å². The molecule has 18 heavy (non-hydrogen) atoms. The van der Waals surface area contributed by atoms with Gasteiger partial charge in [0.25, 0.3) is 0 Å². The molecule has 0 spiro atoms. The SMILES string of the molecule is Cc1oc(CN(C)C(C)c2cccs2)cc1CN. The molecule has 2 rings (SSSR count). The third-order valence-electron chi connectivity index (χ3n) is 3.31. The van der Waals surface area contributed by atoms with Crippen molar-refractivity contribution in [1.29, 1.82) is 0 Å². The maximum atomic E-state index is 5.73. The van der Waals surface area contributed by atoms with Gasteiger partial charge in [-0.25, -0.2) is 0 Å². The molecule has 0 aliphatic carbocycles. The van der Waals surface area contributed by atoms with Gasteiger partial charge in [0.1, 0.15) is 11.5 Å². The van der Waals surface area contributed by atoms with Crippen LogP contribution < -0.4 is 5.73 Å². The van der Waals surface area contributed by atoms with Gasteiger partial charge in [0.2, 0.25) is 0 Å². The third-order valence-corrected chi connectivity index (χ3v) is 4.36. The van der Waals surface area contributed by atoms with E-state index < -0.39 is 0 Å². The van der Waals surface area contributed by atoms with E-state index in [1.165, 1.54) is 4.88 Å². The predicted octanol–water partition coefficient (Wildman–Crippen LogP) is 3.30. The van der Waals surface area contributed by atoms with E-state index in [9.17, 15) is 0 Å². The van der Waals surface area contributed by atoms with E-state index in [-0.39, 0.29) is 0 Å². The third kappa shape index (κ3) is 2.83. The van der Waals surface area contributed by atoms with Crippen LogP contribution in [0.4, 0.5) is 0 Å². The molecule has 3 nitrogen and oxygen atoms in total. The van der Waals surface area contributed by atoms with E-state index in [2.05, 4.69) is 42.5 Å². The monoisotopic (exact) mass is 264 g/mol. The molecule has 0 amide bonds. The molecule has 0 aliphatic heterocycles. The highest BCUT2D eigenvalue weighted by Crippen LogP contribution is 2.25. The summed E-state index contributed by atoms with van der Waals surface area (Å²) >= 11 is 1.79. The van der Waals surface area contributed by atoms with Crippen molar-refractivity contribution in [3.8, 4) is 0 Å². The second-order valence-electron chi connectivity index (χ2n) is 4.60. The Hall–Kier alpha value is -1.10. The molecule has 0 bridgehead atoms. The Morgan fingerprint density at radius 3 is 2.83 bits per heavy atom. The number of aryl methyl sites for hydroxylation is 1. The molecule has 1 atom stereocenters. The van der Waals surface area contributed by atoms with Gasteiger partial charge in [0, 0.05) is 23.0 Å². The van der Waals surface area contributed by atoms with Crippen molar-refractivity contribution < 1.29 is 4.42 Å². The Balaban J connectivity index is 2.04. The fraction of sp³-hybridized carbons (Fsp3) is 0.429. The summed E-state index contributed by atoms with van der Waals surface area (Å²) in [5.74, 6) is 1.92. The topological polar surface area (TPSA) is 42.4 Å². The van der Waals surface area contributed by atoms with Crippen molar-refractivity contribution in [3.05, 3.63) is 45.5 Å². The summed E-state index contributed by atoms with van der Waals surface area (Å²) in [5, 5.41) is 2.11. The molecule has 0 saturated carbocycles. The first kappa shape index (κ1) is 13.3. The minimum absolute atomic E-state index is 0.400. The molecule has 0 radical (unpaired) electrons. The van der Waals surface area contributed by atoms with Crippen LogP contribution in [0.5, 0.6) is 0 Å². The highest BCUT2D eigenvalue weighted by Gasteiger charge is 2.15. The van der Waals surface area contributed by atoms with Gasteiger partial charge < -0.3 is 10.2 Å². The van der Waals surface area contributed by atoms with Crippen LogP contribution >= 0.6 is 11.3 Å². The van der Waals surface area contributed by atoms with Crippen LogP contribution in [0.25, 0.3) is 0 Å². The number of thiophene rings is 1. The molecule has 98 valence electrons. The van der Waals surface area contributed by atoms with Gasteiger partial charge in [0.15, 0.2) is 0 Å². The lowest BCUT2D eigenvalue weighted by atomic mass is 10.2. The van der Waals surface area contributed by atoms with Crippen molar-refractivity contribution >= 4 is 11.3 Å². The number of nitrogens with two attached hydrogens (primary N) is 1. The Kier molecular flexibility index (Phi) is 4.22. The zero-order chi connectivity index (χ0) is 13.1. The first-order valence-electron chi connectivity index (χ1n) is 6.13. The van der Waals surface area contributed by atoms with Crippen LogP contribution in [-0.4, -0.2) is 11.9 Å². The van der Waals surface area contributed by atoms with E-state index >= 15 is 0 Å². The van der Waals surface area contributed by atoms with Crippen molar-refractivity contribution in [2.45, 2.75) is 33.0 Å². The summed E-state index contributed by atoms with van der Waals surface area (Å²) in [7, 11) is 2.12. The Morgan fingerprint density at radius 1 is 1.50 bits per heavy atom. The Bertz CT molecular complexity index is 490. The maximum absolute atomic E-state index is 5.73. The summed E-state index contributed by atoms with van der Waals surface area (Å²) in [4.78, 5) is 3.66. The Labute approximate surface area is 112 Å². The average Bonchev–Trinajstić information content (AvgIpc) is 2.97. The second kappa shape index (κ2) is 5.69. The van der Waals surface area contributed by atoms with Gasteiger partial charge >= 0.3 is 0 Å². The summed E-state index contributed by atoms with van der Waals surface area (Å²) in [5.41, 5.74) is 6.76. The fourth-order valence-corrected chi connectivity index (χ4v) is 2.85. The maximum Gasteiger partial charge on any atom is 0.118 e. The van der Waals surface area contributed by atoms with Crippen molar-refractivity contribution in [3.63, 3.8) is 0 Å². The number of furan rings is 1. The number of nitrogens with zero attached hydrogens (tertiary/aromatic N) is 1. The van der Waals surface area contributed by atoms with Crippen LogP contribution in [0, 0.1) is 6.92 Å². The highest BCUT2D eigenvalue weighted by molar-refractivity contribution is 7.10. The lowest BCUT2D eigenvalue weighted by Crippen LogP contribution is -2.20. The van der Waals surface area contributed by atoms with Gasteiger partial charge in [-0.3, -0.25) is 4.90 Å². The van der Waals surface area contributed by atoms with Crippen molar-refractivity contribution in [2.24, 2.45) is 5.73 Å². The Morgan fingerprint density at radius 2 is 2.28 bits per heavy atom. The quantitative estimate of drug-likeness (QED) is 0.901. The standard InChI is InChI=1S/C14H20N2OS/c1-10(14-5-4-6-18-14)16(3)9-13-7-12(8-15)11(2)17-13/h4-7,10H,8-9,15H2,1-3H3. The molecule has 2 N–H and O–H groups in total. The highest BCUT2D eigenvalue weighted by atomic mass is 32.1. The molecule has 2 aromatic rings. The molecule has 0 aliphatic rings. The second-order valence-corrected chi connectivity index (χ2v) is 5.58. The number of hydrogen-bond acceptors (Lipinski definition) is 4. The largest absolute Gasteiger partial charge is 0.465 e. The molecular weight excluding hydrogens is 244 g/mol. The van der Waals surface area contributed by atoms with E-state index in [1.54, 1.807) is 11.3 Å². The zero-order valence-electron chi connectivity index (χ0n) is 11.1. The van der Waals surface area contributed by atoms with Gasteiger partial charge in [-0.2, -0.15) is 0 Å². The predicted molar refractivity (Wildman–Crippen MR) is 75.5 cm³/mol. The molecular formula is C14H20N2OS. The minimum atomic E-state index is 0.400. The van der Waals surface area contributed by atoms with Crippen LogP contribution in [0.15, 0.2) is 28.0 Å². The lowest BCUT2D eigenvalue weighted by molar-refractivity contribution is 0.234. The summed E-state index contributed by atoms with van der Waals surface area (Å²) < 4.78 is 5.73. The van der Waals surface area contributed by atoms with Crippen molar-refractivity contribution in [2.75, 3.05) is 7.05 Å². The van der Waals surface area contributed by atoms with E-state index in [4.69, 9.17) is 10.2 Å². The van der Waals surface area contributed by atoms with Gasteiger partial charge in [0.05, 0.1) is 6.54 Å². The summed E-state index contributed by atoms with van der Waals surface area (Å²) in [6, 6.07) is 6.72. The normalized spacial score (nSPS) is 13.2. The summed E-state index contributed by atoms with van der Waals surface area (Å²) in [6.45, 7) is 5.53. The smallest absolute Gasteiger partial charge is 0.118 e. The van der Waals surface area contributed by atoms with Crippen LogP contribution in [0.1, 0.15) is 34.9 Å². The van der Waals surface area contributed by atoms with Gasteiger partial charge in [-0.05, 0) is 38.4 Å². The molecule has 0 fully saturated rings. The number of rotatable bonds is 5. The molecule has 2 aromatic heterocycles. The van der Waals surface area contributed by atoms with Gasteiger partial charge in [-0.1, -0.05) is 6.07 Å². The van der Waals surface area contributed by atoms with Crippen molar-refractivity contribution in [1.82, 2.24) is 4.90 Å². The minimum Gasteiger partial charge on any atom is -0.465 e. The molecule has 1 unspecified atom stereocenters. The lowest BCUT2D eigenvalue weighted by Gasteiger charge is -2.22. The fourth-order valence-electron chi connectivity index (χ4n) is 2.00. The van der Waals surface area contributed by atoms with Crippen LogP contribution in [-0.2, 0) is 13.1 Å². The number of hydrogen-bond donors (Lipinski definition) is 1. The first-order valence-corrected chi connectivity index (χ1v) is 7.01. The molecule has 0 saturated heterocycles. The van der Waals surface area contributed by atoms with Crippen LogP contribution in [0.2, 0.25) is 0 Å².